The van der Waals surface area contributed by atoms with E-state index in [1.165, 1.54) is 0 Å². The second-order valence-corrected chi connectivity index (χ2v) is 6.90. The summed E-state index contributed by atoms with van der Waals surface area (Å²) in [6, 6.07) is 6.78. The van der Waals surface area contributed by atoms with Gasteiger partial charge in [0.1, 0.15) is 5.60 Å². The molecule has 0 radical (unpaired) electrons. The van der Waals surface area contributed by atoms with E-state index in [1.807, 2.05) is 20.8 Å². The van der Waals surface area contributed by atoms with E-state index in [9.17, 15) is 9.59 Å². The highest BCUT2D eigenvalue weighted by atomic mass is 16.6. The van der Waals surface area contributed by atoms with Gasteiger partial charge in [-0.15, -0.1) is 0 Å². The molecule has 0 bridgehead atoms. The average molecular weight is 306 g/mol. The first-order valence-electron chi connectivity index (χ1n) is 7.45. The quantitative estimate of drug-likeness (QED) is 0.885. The number of hydrogen-bond acceptors (Lipinski definition) is 3. The van der Waals surface area contributed by atoms with Crippen LogP contribution in [0.25, 0.3) is 0 Å². The summed E-state index contributed by atoms with van der Waals surface area (Å²) in [4.78, 5) is 24.0. The Labute approximate surface area is 132 Å². The van der Waals surface area contributed by atoms with Gasteiger partial charge in [-0.2, -0.15) is 0 Å². The Morgan fingerprint density at radius 1 is 1.14 bits per heavy atom. The van der Waals surface area contributed by atoms with Crippen LogP contribution in [0.5, 0.6) is 0 Å². The fourth-order valence-electron chi connectivity index (χ4n) is 1.63. The molecule has 0 saturated heterocycles. The predicted octanol–water partition coefficient (Wildman–Crippen LogP) is 3.95. The highest BCUT2D eigenvalue weighted by molar-refractivity contribution is 5.96. The zero-order chi connectivity index (χ0) is 17.0. The lowest BCUT2D eigenvalue weighted by atomic mass is 10.0. The molecule has 0 atom stereocenters. The predicted molar refractivity (Wildman–Crippen MR) is 88.1 cm³/mol. The SMILES string of the molecule is CCC(C)(C)NC(=O)c1cccc(NC(=O)OC(C)(C)C)c1. The lowest BCUT2D eigenvalue weighted by molar-refractivity contribution is 0.0635. The van der Waals surface area contributed by atoms with Crippen molar-refractivity contribution in [3.63, 3.8) is 0 Å². The van der Waals surface area contributed by atoms with Crippen molar-refractivity contribution >= 4 is 17.7 Å². The Balaban J connectivity index is 2.78. The Morgan fingerprint density at radius 2 is 1.77 bits per heavy atom. The largest absolute Gasteiger partial charge is 0.444 e. The summed E-state index contributed by atoms with van der Waals surface area (Å²) >= 11 is 0. The third-order valence-corrected chi connectivity index (χ3v) is 3.11. The average Bonchev–Trinajstić information content (AvgIpc) is 2.36. The smallest absolute Gasteiger partial charge is 0.412 e. The standard InChI is InChI=1S/C17H26N2O3/c1-7-17(5,6)19-14(20)12-9-8-10-13(11-12)18-15(21)22-16(2,3)4/h8-11H,7H2,1-6H3,(H,18,21)(H,19,20). The summed E-state index contributed by atoms with van der Waals surface area (Å²) < 4.78 is 5.19. The number of carbonyl (C=O) groups excluding carboxylic acids is 2. The molecule has 0 heterocycles. The van der Waals surface area contributed by atoms with Gasteiger partial charge < -0.3 is 10.1 Å². The van der Waals surface area contributed by atoms with Crippen molar-refractivity contribution in [1.29, 1.82) is 0 Å². The van der Waals surface area contributed by atoms with Crippen molar-refractivity contribution < 1.29 is 14.3 Å². The first-order chi connectivity index (χ1) is 10.0. The number of amides is 2. The molecule has 5 nitrogen and oxygen atoms in total. The van der Waals surface area contributed by atoms with Crippen LogP contribution in [0.15, 0.2) is 24.3 Å². The molecule has 0 fully saturated rings. The van der Waals surface area contributed by atoms with Gasteiger partial charge in [0.2, 0.25) is 0 Å². The minimum absolute atomic E-state index is 0.167. The minimum Gasteiger partial charge on any atom is -0.444 e. The van der Waals surface area contributed by atoms with E-state index in [-0.39, 0.29) is 11.4 Å². The number of ether oxygens (including phenoxy) is 1. The Bertz CT molecular complexity index is 545. The van der Waals surface area contributed by atoms with E-state index in [0.717, 1.165) is 6.42 Å². The summed E-state index contributed by atoms with van der Waals surface area (Å²) in [5.41, 5.74) is 0.182. The van der Waals surface area contributed by atoms with Crippen molar-refractivity contribution in [3.8, 4) is 0 Å². The van der Waals surface area contributed by atoms with Gasteiger partial charge in [0, 0.05) is 16.8 Å². The molecule has 2 amide bonds. The van der Waals surface area contributed by atoms with E-state index in [2.05, 4.69) is 10.6 Å². The summed E-state index contributed by atoms with van der Waals surface area (Å²) in [6.45, 7) is 11.3. The number of carbonyl (C=O) groups is 2. The van der Waals surface area contributed by atoms with Crippen LogP contribution in [0.3, 0.4) is 0 Å². The summed E-state index contributed by atoms with van der Waals surface area (Å²) in [5.74, 6) is -0.167. The molecule has 1 aromatic rings. The lowest BCUT2D eigenvalue weighted by Gasteiger charge is -2.24. The first-order valence-corrected chi connectivity index (χ1v) is 7.45. The number of anilines is 1. The van der Waals surface area contributed by atoms with E-state index >= 15 is 0 Å². The zero-order valence-corrected chi connectivity index (χ0v) is 14.2. The maximum Gasteiger partial charge on any atom is 0.412 e. The highest BCUT2D eigenvalue weighted by Crippen LogP contribution is 2.15. The fourth-order valence-corrected chi connectivity index (χ4v) is 1.63. The van der Waals surface area contributed by atoms with Crippen LogP contribution in [0.2, 0.25) is 0 Å². The molecule has 0 aliphatic rings. The normalized spacial score (nSPS) is 11.7. The molecule has 22 heavy (non-hydrogen) atoms. The lowest BCUT2D eigenvalue weighted by Crippen LogP contribution is -2.42. The molecule has 0 aliphatic carbocycles. The maximum absolute atomic E-state index is 12.2. The third kappa shape index (κ3) is 6.16. The molecule has 122 valence electrons. The fraction of sp³-hybridized carbons (Fsp3) is 0.529. The highest BCUT2D eigenvalue weighted by Gasteiger charge is 2.20. The molecule has 5 heteroatoms. The van der Waals surface area contributed by atoms with Crippen molar-refractivity contribution in [2.45, 2.75) is 59.1 Å². The Kier molecular flexibility index (Phi) is 5.58. The van der Waals surface area contributed by atoms with Crippen LogP contribution in [-0.2, 0) is 4.74 Å². The molecule has 0 unspecified atom stereocenters. The van der Waals surface area contributed by atoms with E-state index < -0.39 is 11.7 Å². The van der Waals surface area contributed by atoms with Crippen LogP contribution < -0.4 is 10.6 Å². The molecule has 1 aromatic carbocycles. The molecule has 0 aliphatic heterocycles. The Morgan fingerprint density at radius 3 is 2.32 bits per heavy atom. The molecule has 0 saturated carbocycles. The monoisotopic (exact) mass is 306 g/mol. The van der Waals surface area contributed by atoms with Crippen LogP contribution >= 0.6 is 0 Å². The van der Waals surface area contributed by atoms with E-state index in [4.69, 9.17) is 4.74 Å². The summed E-state index contributed by atoms with van der Waals surface area (Å²) in [6.07, 6.45) is 0.285. The summed E-state index contributed by atoms with van der Waals surface area (Å²) in [7, 11) is 0. The molecule has 0 aromatic heterocycles. The van der Waals surface area contributed by atoms with Gasteiger partial charge in [-0.3, -0.25) is 10.1 Å². The number of nitrogens with one attached hydrogen (secondary N) is 2. The van der Waals surface area contributed by atoms with Gasteiger partial charge in [0.05, 0.1) is 0 Å². The van der Waals surface area contributed by atoms with Crippen LogP contribution in [0, 0.1) is 0 Å². The minimum atomic E-state index is -0.565. The Hall–Kier alpha value is -2.04. The van der Waals surface area contributed by atoms with E-state index in [0.29, 0.717) is 11.3 Å². The molecule has 0 spiro atoms. The second-order valence-electron chi connectivity index (χ2n) is 6.90. The zero-order valence-electron chi connectivity index (χ0n) is 14.2. The molecular formula is C17H26N2O3. The first kappa shape index (κ1) is 18.0. The third-order valence-electron chi connectivity index (χ3n) is 3.11. The van der Waals surface area contributed by atoms with Crippen molar-refractivity contribution in [1.82, 2.24) is 5.32 Å². The van der Waals surface area contributed by atoms with Crippen molar-refractivity contribution in [2.75, 3.05) is 5.32 Å². The van der Waals surface area contributed by atoms with Gasteiger partial charge >= 0.3 is 6.09 Å². The molecular weight excluding hydrogens is 280 g/mol. The molecule has 1 rings (SSSR count). The van der Waals surface area contributed by atoms with Gasteiger partial charge in [-0.1, -0.05) is 13.0 Å². The van der Waals surface area contributed by atoms with Crippen LogP contribution in [0.4, 0.5) is 10.5 Å². The van der Waals surface area contributed by atoms with E-state index in [1.54, 1.807) is 45.0 Å². The number of benzene rings is 1. The topological polar surface area (TPSA) is 67.4 Å². The van der Waals surface area contributed by atoms with Crippen LogP contribution in [-0.4, -0.2) is 23.1 Å². The number of hydrogen-bond donors (Lipinski definition) is 2. The van der Waals surface area contributed by atoms with Gasteiger partial charge in [-0.05, 0) is 59.2 Å². The van der Waals surface area contributed by atoms with Gasteiger partial charge in [0.15, 0.2) is 0 Å². The van der Waals surface area contributed by atoms with Crippen molar-refractivity contribution in [3.05, 3.63) is 29.8 Å². The van der Waals surface area contributed by atoms with Crippen LogP contribution in [0.1, 0.15) is 58.3 Å². The summed E-state index contributed by atoms with van der Waals surface area (Å²) in [5, 5.41) is 5.59. The second kappa shape index (κ2) is 6.81. The van der Waals surface area contributed by atoms with Gasteiger partial charge in [-0.25, -0.2) is 4.79 Å². The number of rotatable bonds is 4. The maximum atomic E-state index is 12.2. The molecule has 2 N–H and O–H groups in total. The van der Waals surface area contributed by atoms with Gasteiger partial charge in [0.25, 0.3) is 5.91 Å². The van der Waals surface area contributed by atoms with Crippen molar-refractivity contribution in [2.24, 2.45) is 0 Å².